The molecule has 20 heavy (non-hydrogen) atoms. The molecule has 0 unspecified atom stereocenters. The molecule has 6 heteroatoms. The molecule has 2 rings (SSSR count). The molecule has 1 aromatic rings. The van der Waals surface area contributed by atoms with Crippen molar-refractivity contribution in [3.05, 3.63) is 34.9 Å². The van der Waals surface area contributed by atoms with Crippen molar-refractivity contribution < 1.29 is 14.3 Å². The molecule has 108 valence electrons. The minimum Gasteiger partial charge on any atom is -0.356 e. The third-order valence-electron chi connectivity index (χ3n) is 3.30. The van der Waals surface area contributed by atoms with Gasteiger partial charge in [0.05, 0.1) is 6.04 Å². The fourth-order valence-electron chi connectivity index (χ4n) is 2.26. The van der Waals surface area contributed by atoms with Crippen molar-refractivity contribution in [3.8, 4) is 0 Å². The number of nitrogens with one attached hydrogen (secondary N) is 1. The first-order valence-electron chi connectivity index (χ1n) is 6.45. The zero-order valence-electron chi connectivity index (χ0n) is 11.4. The number of nitrogens with zero attached hydrogens (tertiary/aromatic N) is 1. The molecule has 0 saturated carbocycles. The molecule has 0 radical (unpaired) electrons. The maximum Gasteiger partial charge on any atom is 0.251 e. The first-order chi connectivity index (χ1) is 9.54. The lowest BCUT2D eigenvalue weighted by molar-refractivity contribution is -0.162. The van der Waals surface area contributed by atoms with Gasteiger partial charge in [-0.3, -0.25) is 9.59 Å². The predicted molar refractivity (Wildman–Crippen MR) is 75.4 cm³/mol. The Kier molecular flexibility index (Phi) is 4.62. The van der Waals surface area contributed by atoms with Crippen molar-refractivity contribution >= 4 is 23.4 Å². The number of carbonyl (C=O) groups is 2. The summed E-state index contributed by atoms with van der Waals surface area (Å²) in [7, 11) is 1.68. The molecular weight excluding hydrogens is 280 g/mol. The molecule has 1 fully saturated rings. The number of hydrogen-bond donors (Lipinski definition) is 1. The van der Waals surface area contributed by atoms with Gasteiger partial charge in [-0.05, 0) is 24.6 Å². The maximum atomic E-state index is 12.1. The Balaban J connectivity index is 2.32. The van der Waals surface area contributed by atoms with Crippen LogP contribution in [-0.4, -0.2) is 43.0 Å². The van der Waals surface area contributed by atoms with E-state index < -0.39 is 12.1 Å². The molecule has 1 heterocycles. The minimum atomic E-state index is -0.709. The molecule has 1 N–H and O–H groups in total. The van der Waals surface area contributed by atoms with Gasteiger partial charge in [-0.25, -0.2) is 0 Å². The van der Waals surface area contributed by atoms with Crippen molar-refractivity contribution in [3.63, 3.8) is 0 Å². The van der Waals surface area contributed by atoms with Crippen LogP contribution in [0.2, 0.25) is 5.02 Å². The second-order valence-corrected chi connectivity index (χ2v) is 5.06. The van der Waals surface area contributed by atoms with Gasteiger partial charge in [-0.2, -0.15) is 0 Å². The number of carbonyl (C=O) groups excluding carboxylic acids is 2. The van der Waals surface area contributed by atoms with Crippen LogP contribution in [0.25, 0.3) is 0 Å². The summed E-state index contributed by atoms with van der Waals surface area (Å²) in [4.78, 5) is 25.5. The second-order valence-electron chi connectivity index (χ2n) is 4.63. The molecule has 0 aromatic heterocycles. The zero-order valence-corrected chi connectivity index (χ0v) is 12.2. The Morgan fingerprint density at radius 1 is 1.45 bits per heavy atom. The number of halogens is 1. The molecule has 2 atom stereocenters. The number of benzene rings is 1. The Morgan fingerprint density at radius 3 is 2.70 bits per heavy atom. The molecular formula is C14H17ClN2O3. The average Bonchev–Trinajstić information content (AvgIpc) is 2.43. The minimum absolute atomic E-state index is 0.0810. The summed E-state index contributed by atoms with van der Waals surface area (Å²) < 4.78 is 5.44. The van der Waals surface area contributed by atoms with Gasteiger partial charge < -0.3 is 15.0 Å². The average molecular weight is 297 g/mol. The van der Waals surface area contributed by atoms with Gasteiger partial charge in [0.1, 0.15) is 6.61 Å². The van der Waals surface area contributed by atoms with E-state index in [1.54, 1.807) is 36.2 Å². The Labute approximate surface area is 122 Å². The van der Waals surface area contributed by atoms with Crippen molar-refractivity contribution in [1.82, 2.24) is 10.2 Å². The summed E-state index contributed by atoms with van der Waals surface area (Å²) >= 11 is 5.87. The fraction of sp³-hybridized carbons (Fsp3) is 0.429. The highest BCUT2D eigenvalue weighted by atomic mass is 35.5. The number of hydrogen-bond acceptors (Lipinski definition) is 3. The van der Waals surface area contributed by atoms with Crippen molar-refractivity contribution in [2.75, 3.05) is 20.2 Å². The molecule has 2 amide bonds. The van der Waals surface area contributed by atoms with Crippen LogP contribution in [-0.2, 0) is 14.3 Å². The van der Waals surface area contributed by atoms with Gasteiger partial charge in [0.15, 0.2) is 6.10 Å². The van der Waals surface area contributed by atoms with E-state index in [1.807, 2.05) is 6.92 Å². The normalized spacial score (nSPS) is 22.8. The van der Waals surface area contributed by atoms with E-state index in [9.17, 15) is 9.59 Å². The van der Waals surface area contributed by atoms with E-state index in [-0.39, 0.29) is 18.4 Å². The quantitative estimate of drug-likeness (QED) is 0.916. The number of ether oxygens (including phenoxy) is 1. The Bertz CT molecular complexity index is 504. The van der Waals surface area contributed by atoms with E-state index in [0.29, 0.717) is 11.6 Å². The standard InChI is InChI=1S/C14H17ClN2O3/c1-3-16-14(19)13-12(17(2)11(18)8-20-13)9-4-6-10(15)7-5-9/h4-7,12-13H,3,8H2,1-2H3,(H,16,19)/t12-,13+/m1/s1. The van der Waals surface area contributed by atoms with Crippen LogP contribution in [0.4, 0.5) is 0 Å². The van der Waals surface area contributed by atoms with Gasteiger partial charge in [0, 0.05) is 18.6 Å². The number of amides is 2. The summed E-state index contributed by atoms with van der Waals surface area (Å²) in [6.45, 7) is 2.28. The van der Waals surface area contributed by atoms with E-state index in [2.05, 4.69) is 5.32 Å². The fourth-order valence-corrected chi connectivity index (χ4v) is 2.39. The first-order valence-corrected chi connectivity index (χ1v) is 6.82. The highest BCUT2D eigenvalue weighted by molar-refractivity contribution is 6.30. The van der Waals surface area contributed by atoms with Crippen LogP contribution >= 0.6 is 11.6 Å². The Hall–Kier alpha value is -1.59. The van der Waals surface area contributed by atoms with Crippen molar-refractivity contribution in [1.29, 1.82) is 0 Å². The summed E-state index contributed by atoms with van der Waals surface area (Å²) in [6.07, 6.45) is -0.709. The van der Waals surface area contributed by atoms with E-state index in [4.69, 9.17) is 16.3 Å². The van der Waals surface area contributed by atoms with Gasteiger partial charge in [-0.1, -0.05) is 23.7 Å². The molecule has 1 aromatic carbocycles. The van der Waals surface area contributed by atoms with Gasteiger partial charge >= 0.3 is 0 Å². The summed E-state index contributed by atoms with van der Waals surface area (Å²) in [5, 5.41) is 3.34. The van der Waals surface area contributed by atoms with Crippen LogP contribution in [0.5, 0.6) is 0 Å². The third kappa shape index (κ3) is 2.94. The maximum absolute atomic E-state index is 12.1. The van der Waals surface area contributed by atoms with Crippen LogP contribution in [0.1, 0.15) is 18.5 Å². The predicted octanol–water partition coefficient (Wildman–Crippen LogP) is 1.37. The first kappa shape index (κ1) is 14.8. The van der Waals surface area contributed by atoms with Crippen molar-refractivity contribution in [2.24, 2.45) is 0 Å². The van der Waals surface area contributed by atoms with Gasteiger partial charge in [-0.15, -0.1) is 0 Å². The van der Waals surface area contributed by atoms with Crippen LogP contribution in [0.15, 0.2) is 24.3 Å². The summed E-state index contributed by atoms with van der Waals surface area (Å²) in [6, 6.07) is 6.63. The molecule has 0 bridgehead atoms. The molecule has 0 spiro atoms. The number of morpholine rings is 1. The number of rotatable bonds is 3. The monoisotopic (exact) mass is 296 g/mol. The van der Waals surface area contributed by atoms with E-state index >= 15 is 0 Å². The highest BCUT2D eigenvalue weighted by Gasteiger charge is 2.39. The van der Waals surface area contributed by atoms with E-state index in [0.717, 1.165) is 5.56 Å². The topological polar surface area (TPSA) is 58.6 Å². The van der Waals surface area contributed by atoms with Gasteiger partial charge in [0.2, 0.25) is 5.91 Å². The second kappa shape index (κ2) is 6.24. The largest absolute Gasteiger partial charge is 0.356 e. The molecule has 1 aliphatic heterocycles. The Morgan fingerprint density at radius 2 is 2.10 bits per heavy atom. The zero-order chi connectivity index (χ0) is 14.7. The lowest BCUT2D eigenvalue weighted by Crippen LogP contribution is -2.53. The molecule has 5 nitrogen and oxygen atoms in total. The number of likely N-dealkylation sites (N-methyl/N-ethyl adjacent to an activating group) is 2. The highest BCUT2D eigenvalue weighted by Crippen LogP contribution is 2.29. The lowest BCUT2D eigenvalue weighted by atomic mass is 9.97. The van der Waals surface area contributed by atoms with E-state index in [1.165, 1.54) is 0 Å². The molecule has 0 aliphatic carbocycles. The summed E-state index contributed by atoms with van der Waals surface area (Å²) in [5.74, 6) is -0.364. The molecule has 1 saturated heterocycles. The summed E-state index contributed by atoms with van der Waals surface area (Å²) in [5.41, 5.74) is 0.821. The lowest BCUT2D eigenvalue weighted by Gasteiger charge is -2.38. The smallest absolute Gasteiger partial charge is 0.251 e. The van der Waals surface area contributed by atoms with Crippen LogP contribution in [0, 0.1) is 0 Å². The SMILES string of the molecule is CCNC(=O)[C@H]1OCC(=O)N(C)[C@@H]1c1ccc(Cl)cc1. The molecule has 1 aliphatic rings. The third-order valence-corrected chi connectivity index (χ3v) is 3.56. The van der Waals surface area contributed by atoms with Crippen LogP contribution < -0.4 is 5.32 Å². The van der Waals surface area contributed by atoms with Gasteiger partial charge in [0.25, 0.3) is 5.91 Å². The van der Waals surface area contributed by atoms with Crippen molar-refractivity contribution in [2.45, 2.75) is 19.1 Å². The van der Waals surface area contributed by atoms with Crippen LogP contribution in [0.3, 0.4) is 0 Å².